The number of hydrogen-bond donors (Lipinski definition) is 1. The Kier molecular flexibility index (Phi) is 5.40. The average Bonchev–Trinajstić information content (AvgIpc) is 3.28. The summed E-state index contributed by atoms with van der Waals surface area (Å²) >= 11 is 3.26. The van der Waals surface area contributed by atoms with Crippen LogP contribution in [0.4, 0.5) is 13.2 Å². The number of rotatable bonds is 6. The fraction of sp³-hybridized carbons (Fsp3) is 0.556. The Bertz CT molecular complexity index is 976. The summed E-state index contributed by atoms with van der Waals surface area (Å²) in [5.41, 5.74) is -0.0829. The topological polar surface area (TPSA) is 84.7 Å². The van der Waals surface area contributed by atoms with E-state index >= 15 is 0 Å². The molecule has 1 unspecified atom stereocenters. The standard InChI is InChI=1S/C18H20BrF3N4OS/c1-16(2,28(24)27)7-13(18(20,21)22)12-8-26(10-17(9-23)5-6-17)15-11(12)3-4-14(19)25-15/h3-4,8,13H,5-7,10,24H2,1-2H3/t13-,28?/m0/s1. The van der Waals surface area contributed by atoms with Crippen molar-refractivity contribution in [3.63, 3.8) is 0 Å². The third-order valence-electron chi connectivity index (χ3n) is 5.29. The molecule has 0 bridgehead atoms. The van der Waals surface area contributed by atoms with Crippen LogP contribution < -0.4 is 5.14 Å². The van der Waals surface area contributed by atoms with E-state index in [4.69, 9.17) is 5.14 Å². The van der Waals surface area contributed by atoms with Crippen LogP contribution in [-0.4, -0.2) is 24.7 Å². The van der Waals surface area contributed by atoms with Gasteiger partial charge in [0.2, 0.25) is 0 Å². The summed E-state index contributed by atoms with van der Waals surface area (Å²) in [6, 6.07) is 5.45. The molecule has 1 fully saturated rings. The Labute approximate surface area is 171 Å². The molecule has 0 radical (unpaired) electrons. The van der Waals surface area contributed by atoms with Crippen LogP contribution in [0.15, 0.2) is 22.9 Å². The number of aromatic nitrogens is 2. The van der Waals surface area contributed by atoms with E-state index in [0.717, 1.165) is 0 Å². The van der Waals surface area contributed by atoms with Crippen LogP contribution in [0.3, 0.4) is 0 Å². The van der Waals surface area contributed by atoms with Crippen LogP contribution in [-0.2, 0) is 17.5 Å². The van der Waals surface area contributed by atoms with Gasteiger partial charge in [0.15, 0.2) is 0 Å². The summed E-state index contributed by atoms with van der Waals surface area (Å²) < 4.78 is 54.7. The molecule has 0 spiro atoms. The van der Waals surface area contributed by atoms with E-state index in [-0.39, 0.29) is 5.56 Å². The first kappa shape index (κ1) is 21.3. The van der Waals surface area contributed by atoms with Crippen LogP contribution in [0.25, 0.3) is 11.0 Å². The van der Waals surface area contributed by atoms with Crippen molar-refractivity contribution in [1.29, 1.82) is 5.26 Å². The van der Waals surface area contributed by atoms with Gasteiger partial charge in [0.25, 0.3) is 0 Å². The molecule has 0 aliphatic heterocycles. The SMILES string of the molecule is CC(C)(C[C@@H](c1cn(CC2(C#N)CC2)c2nc(Br)ccc12)C(F)(F)F)S(N)=O. The maximum absolute atomic E-state index is 14.0. The van der Waals surface area contributed by atoms with Gasteiger partial charge in [0.1, 0.15) is 10.3 Å². The Morgan fingerprint density at radius 1 is 1.43 bits per heavy atom. The molecule has 0 amide bonds. The number of halogens is 4. The zero-order valence-electron chi connectivity index (χ0n) is 15.4. The van der Waals surface area contributed by atoms with E-state index in [0.29, 0.717) is 35.0 Å². The van der Waals surface area contributed by atoms with Gasteiger partial charge in [-0.2, -0.15) is 18.4 Å². The molecule has 0 saturated heterocycles. The molecule has 1 aliphatic carbocycles. The third-order valence-corrected chi connectivity index (χ3v) is 6.99. The molecular weight excluding hydrogens is 457 g/mol. The molecule has 5 nitrogen and oxygen atoms in total. The second-order valence-electron chi connectivity index (χ2n) is 7.97. The van der Waals surface area contributed by atoms with Crippen molar-refractivity contribution in [1.82, 2.24) is 9.55 Å². The van der Waals surface area contributed by atoms with E-state index in [2.05, 4.69) is 27.0 Å². The molecule has 10 heteroatoms. The van der Waals surface area contributed by atoms with Crippen LogP contribution in [0.5, 0.6) is 0 Å². The lowest BCUT2D eigenvalue weighted by molar-refractivity contribution is -0.152. The molecule has 3 rings (SSSR count). The molecule has 2 heterocycles. The number of nitrogens with zero attached hydrogens (tertiary/aromatic N) is 3. The maximum atomic E-state index is 14.0. The lowest BCUT2D eigenvalue weighted by atomic mass is 9.89. The summed E-state index contributed by atoms with van der Waals surface area (Å²) in [4.78, 5) is 4.36. The van der Waals surface area contributed by atoms with Gasteiger partial charge >= 0.3 is 6.18 Å². The molecule has 152 valence electrons. The van der Waals surface area contributed by atoms with Crippen LogP contribution in [0.2, 0.25) is 0 Å². The van der Waals surface area contributed by atoms with E-state index < -0.39 is 39.7 Å². The van der Waals surface area contributed by atoms with Crippen LogP contribution >= 0.6 is 15.9 Å². The van der Waals surface area contributed by atoms with E-state index in [1.165, 1.54) is 20.0 Å². The molecule has 2 aromatic rings. The van der Waals surface area contributed by atoms with E-state index in [1.807, 2.05) is 0 Å². The highest BCUT2D eigenvalue weighted by molar-refractivity contribution is 9.10. The normalized spacial score (nSPS) is 18.6. The first-order chi connectivity index (χ1) is 12.9. The Morgan fingerprint density at radius 2 is 2.07 bits per heavy atom. The van der Waals surface area contributed by atoms with Crippen molar-refractivity contribution in [3.05, 3.63) is 28.5 Å². The molecule has 1 aliphatic rings. The molecule has 28 heavy (non-hydrogen) atoms. The Hall–Kier alpha value is -1.44. The number of pyridine rings is 1. The van der Waals surface area contributed by atoms with Gasteiger partial charge in [-0.25, -0.2) is 9.19 Å². The lowest BCUT2D eigenvalue weighted by Gasteiger charge is -2.28. The summed E-state index contributed by atoms with van der Waals surface area (Å²) in [5, 5.41) is 15.2. The fourth-order valence-corrected chi connectivity index (χ4v) is 3.96. The van der Waals surface area contributed by atoms with Gasteiger partial charge in [-0.1, -0.05) is 0 Å². The predicted octanol–water partition coefficient (Wildman–Crippen LogP) is 4.54. The van der Waals surface area contributed by atoms with Crippen molar-refractivity contribution in [2.45, 2.75) is 56.5 Å². The highest BCUT2D eigenvalue weighted by Crippen LogP contribution is 2.48. The molecule has 2 N–H and O–H groups in total. The second kappa shape index (κ2) is 7.11. The highest BCUT2D eigenvalue weighted by Gasteiger charge is 2.47. The first-order valence-electron chi connectivity index (χ1n) is 8.68. The van der Waals surface area contributed by atoms with Crippen LogP contribution in [0, 0.1) is 16.7 Å². The number of nitrogens with two attached hydrogens (primary N) is 1. The molecular formula is C18H20BrF3N4OS. The van der Waals surface area contributed by atoms with Gasteiger partial charge in [-0.3, -0.25) is 5.14 Å². The fourth-order valence-electron chi connectivity index (χ4n) is 3.32. The highest BCUT2D eigenvalue weighted by atomic mass is 79.9. The minimum Gasteiger partial charge on any atom is -0.331 e. The number of fused-ring (bicyclic) bond motifs is 1. The zero-order valence-corrected chi connectivity index (χ0v) is 17.8. The number of nitriles is 1. The Morgan fingerprint density at radius 3 is 2.57 bits per heavy atom. The quantitative estimate of drug-likeness (QED) is 0.620. The van der Waals surface area contributed by atoms with Gasteiger partial charge < -0.3 is 4.57 Å². The van der Waals surface area contributed by atoms with Crippen molar-refractivity contribution < 1.29 is 17.4 Å². The molecule has 2 aromatic heterocycles. The first-order valence-corrected chi connectivity index (χ1v) is 10.7. The maximum Gasteiger partial charge on any atom is 0.395 e. The molecule has 1 saturated carbocycles. The lowest BCUT2D eigenvalue weighted by Crippen LogP contribution is -2.37. The summed E-state index contributed by atoms with van der Waals surface area (Å²) in [6.07, 6.45) is -2.09. The van der Waals surface area contributed by atoms with Crippen LogP contribution in [0.1, 0.15) is 44.6 Å². The number of alkyl halides is 3. The van der Waals surface area contributed by atoms with E-state index in [1.54, 1.807) is 16.7 Å². The summed E-state index contributed by atoms with van der Waals surface area (Å²) in [5.74, 6) is -1.85. The van der Waals surface area contributed by atoms with Gasteiger partial charge in [0, 0.05) is 18.1 Å². The number of hydrogen-bond acceptors (Lipinski definition) is 3. The smallest absolute Gasteiger partial charge is 0.331 e. The van der Waals surface area contributed by atoms with E-state index in [9.17, 15) is 22.6 Å². The second-order valence-corrected chi connectivity index (χ2v) is 10.5. The summed E-state index contributed by atoms with van der Waals surface area (Å²) in [6.45, 7) is 3.22. The Balaban J connectivity index is 2.14. The van der Waals surface area contributed by atoms with Crippen molar-refractivity contribution >= 4 is 37.9 Å². The van der Waals surface area contributed by atoms with Gasteiger partial charge in [-0.05, 0) is 66.7 Å². The van der Waals surface area contributed by atoms with Crippen molar-refractivity contribution in [2.24, 2.45) is 10.6 Å². The predicted molar refractivity (Wildman–Crippen MR) is 105 cm³/mol. The van der Waals surface area contributed by atoms with Crippen molar-refractivity contribution in [2.75, 3.05) is 0 Å². The minimum atomic E-state index is -4.55. The monoisotopic (exact) mass is 476 g/mol. The largest absolute Gasteiger partial charge is 0.395 e. The van der Waals surface area contributed by atoms with Gasteiger partial charge in [-0.15, -0.1) is 0 Å². The zero-order chi connectivity index (χ0) is 20.9. The van der Waals surface area contributed by atoms with Gasteiger partial charge in [0.05, 0.1) is 33.1 Å². The van der Waals surface area contributed by atoms with Crippen molar-refractivity contribution in [3.8, 4) is 6.07 Å². The molecule has 2 atom stereocenters. The average molecular weight is 477 g/mol. The molecule has 0 aromatic carbocycles. The third kappa shape index (κ3) is 4.11. The minimum absolute atomic E-state index is 0.0646. The summed E-state index contributed by atoms with van der Waals surface area (Å²) in [7, 11) is -1.92.